The van der Waals surface area contributed by atoms with Gasteiger partial charge in [0.25, 0.3) is 0 Å². The maximum Gasteiger partial charge on any atom is 0.341 e. The highest BCUT2D eigenvalue weighted by molar-refractivity contribution is 7.16. The summed E-state index contributed by atoms with van der Waals surface area (Å²) in [7, 11) is 1.40. The summed E-state index contributed by atoms with van der Waals surface area (Å²) in [4.78, 5) is 25.4. The molecule has 0 unspecified atom stereocenters. The number of halogens is 1. The number of hydrogen-bond donors (Lipinski definition) is 1. The summed E-state index contributed by atoms with van der Waals surface area (Å²) in [6.07, 6.45) is 0.550. The second-order valence-electron chi connectivity index (χ2n) is 5.72. The number of hydrogen-bond acceptors (Lipinski definition) is 5. The Morgan fingerprint density at radius 2 is 2.00 bits per heavy atom. The van der Waals surface area contributed by atoms with E-state index in [-0.39, 0.29) is 24.7 Å². The summed E-state index contributed by atoms with van der Waals surface area (Å²) in [6, 6.07) is 4.61. The fraction of sp³-hybridized carbons (Fsp3) is 0.368. The zero-order valence-corrected chi connectivity index (χ0v) is 16.1. The van der Waals surface area contributed by atoms with Crippen LogP contribution in [0.4, 0.5) is 9.39 Å². The van der Waals surface area contributed by atoms with Crippen molar-refractivity contribution in [2.75, 3.05) is 19.0 Å². The Morgan fingerprint density at radius 3 is 2.62 bits per heavy atom. The van der Waals surface area contributed by atoms with Crippen LogP contribution in [0.1, 0.15) is 39.7 Å². The molecule has 1 amide bonds. The predicted molar refractivity (Wildman–Crippen MR) is 99.7 cm³/mol. The van der Waals surface area contributed by atoms with E-state index in [4.69, 9.17) is 9.47 Å². The Morgan fingerprint density at radius 1 is 1.27 bits per heavy atom. The summed E-state index contributed by atoms with van der Waals surface area (Å²) in [5, 5.41) is 3.27. The van der Waals surface area contributed by atoms with Crippen LogP contribution in [0.5, 0.6) is 5.75 Å². The minimum Gasteiger partial charge on any atom is -0.494 e. The minimum atomic E-state index is -0.459. The number of esters is 1. The highest BCUT2D eigenvalue weighted by Gasteiger charge is 2.22. The van der Waals surface area contributed by atoms with Crippen molar-refractivity contribution in [3.63, 3.8) is 0 Å². The lowest BCUT2D eigenvalue weighted by Crippen LogP contribution is -2.15. The fourth-order valence-corrected chi connectivity index (χ4v) is 3.54. The monoisotopic (exact) mass is 379 g/mol. The van der Waals surface area contributed by atoms with Crippen molar-refractivity contribution in [1.29, 1.82) is 0 Å². The van der Waals surface area contributed by atoms with Crippen LogP contribution in [0.15, 0.2) is 18.2 Å². The standard InChI is InChI=1S/C19H22FNO4S/c1-5-25-19(23)17-11(2)12(3)26-18(17)21-16(22)9-7-13-6-8-15(24-4)14(20)10-13/h6,8,10H,5,7,9H2,1-4H3,(H,21,22). The van der Waals surface area contributed by atoms with Crippen molar-refractivity contribution < 1.29 is 23.5 Å². The molecule has 0 aliphatic heterocycles. The van der Waals surface area contributed by atoms with Gasteiger partial charge in [0.2, 0.25) is 5.91 Å². The van der Waals surface area contributed by atoms with Gasteiger partial charge >= 0.3 is 5.97 Å². The molecule has 7 heteroatoms. The maximum absolute atomic E-state index is 13.7. The van der Waals surface area contributed by atoms with Crippen molar-refractivity contribution in [2.24, 2.45) is 0 Å². The molecule has 1 aromatic heterocycles. The van der Waals surface area contributed by atoms with E-state index in [0.29, 0.717) is 22.5 Å². The van der Waals surface area contributed by atoms with Crippen LogP contribution < -0.4 is 10.1 Å². The zero-order chi connectivity index (χ0) is 19.3. The molecule has 0 atom stereocenters. The number of carbonyl (C=O) groups excluding carboxylic acids is 2. The van der Waals surface area contributed by atoms with Gasteiger partial charge in [-0.25, -0.2) is 9.18 Å². The first kappa shape index (κ1) is 19.9. The predicted octanol–water partition coefficient (Wildman–Crippen LogP) is 4.26. The second kappa shape index (κ2) is 8.80. The van der Waals surface area contributed by atoms with Gasteiger partial charge in [-0.15, -0.1) is 11.3 Å². The van der Waals surface area contributed by atoms with Gasteiger partial charge in [-0.3, -0.25) is 4.79 Å². The Labute approximate surface area is 156 Å². The van der Waals surface area contributed by atoms with Gasteiger partial charge in [-0.05, 0) is 50.5 Å². The van der Waals surface area contributed by atoms with Crippen LogP contribution in [-0.4, -0.2) is 25.6 Å². The van der Waals surface area contributed by atoms with E-state index in [0.717, 1.165) is 10.4 Å². The van der Waals surface area contributed by atoms with Crippen LogP contribution >= 0.6 is 11.3 Å². The first-order chi connectivity index (χ1) is 12.4. The van der Waals surface area contributed by atoms with Gasteiger partial charge in [-0.1, -0.05) is 6.07 Å². The number of amides is 1. The van der Waals surface area contributed by atoms with E-state index in [2.05, 4.69) is 5.32 Å². The molecule has 0 bridgehead atoms. The highest BCUT2D eigenvalue weighted by Crippen LogP contribution is 2.33. The average molecular weight is 379 g/mol. The maximum atomic E-state index is 13.7. The molecule has 0 saturated heterocycles. The van der Waals surface area contributed by atoms with Crippen molar-refractivity contribution in [1.82, 2.24) is 0 Å². The molecule has 0 saturated carbocycles. The summed E-state index contributed by atoms with van der Waals surface area (Å²) >= 11 is 1.34. The third-order valence-electron chi connectivity index (χ3n) is 3.97. The molecule has 0 aliphatic carbocycles. The second-order valence-corrected chi connectivity index (χ2v) is 6.95. The lowest BCUT2D eigenvalue weighted by molar-refractivity contribution is -0.116. The van der Waals surface area contributed by atoms with Gasteiger partial charge in [0.15, 0.2) is 11.6 Å². The first-order valence-corrected chi connectivity index (χ1v) is 9.08. The number of ether oxygens (including phenoxy) is 2. The van der Waals surface area contributed by atoms with Crippen LogP contribution in [0, 0.1) is 19.7 Å². The molecule has 1 N–H and O–H groups in total. The molecule has 0 fully saturated rings. The molecule has 140 valence electrons. The normalized spacial score (nSPS) is 10.5. The molecule has 0 aliphatic rings. The molecule has 1 aromatic carbocycles. The van der Waals surface area contributed by atoms with E-state index < -0.39 is 11.8 Å². The lowest BCUT2D eigenvalue weighted by Gasteiger charge is -2.08. The van der Waals surface area contributed by atoms with Crippen LogP contribution in [-0.2, 0) is 16.0 Å². The van der Waals surface area contributed by atoms with E-state index in [1.165, 1.54) is 30.6 Å². The largest absolute Gasteiger partial charge is 0.494 e. The van der Waals surface area contributed by atoms with Crippen LogP contribution in [0.2, 0.25) is 0 Å². The molecular formula is C19H22FNO4S. The zero-order valence-electron chi connectivity index (χ0n) is 15.3. The Hall–Kier alpha value is -2.41. The molecule has 2 rings (SSSR count). The van der Waals surface area contributed by atoms with Crippen LogP contribution in [0.25, 0.3) is 0 Å². The summed E-state index contributed by atoms with van der Waals surface area (Å²) in [6.45, 7) is 5.72. The number of thiophene rings is 1. The molecule has 1 heterocycles. The van der Waals surface area contributed by atoms with E-state index in [1.807, 2.05) is 13.8 Å². The van der Waals surface area contributed by atoms with E-state index in [9.17, 15) is 14.0 Å². The third kappa shape index (κ3) is 4.60. The topological polar surface area (TPSA) is 64.6 Å². The Balaban J connectivity index is 2.05. The number of anilines is 1. The molecule has 0 spiro atoms. The lowest BCUT2D eigenvalue weighted by atomic mass is 10.1. The van der Waals surface area contributed by atoms with Gasteiger partial charge in [-0.2, -0.15) is 0 Å². The first-order valence-electron chi connectivity index (χ1n) is 8.26. The average Bonchev–Trinajstić information content (AvgIpc) is 2.87. The molecule has 5 nitrogen and oxygen atoms in total. The minimum absolute atomic E-state index is 0.168. The van der Waals surface area contributed by atoms with Crippen LogP contribution in [0.3, 0.4) is 0 Å². The van der Waals surface area contributed by atoms with Gasteiger partial charge in [0, 0.05) is 11.3 Å². The number of methoxy groups -OCH3 is 1. The summed E-state index contributed by atoms with van der Waals surface area (Å²) in [5.74, 6) is -0.976. The Kier molecular flexibility index (Phi) is 6.74. The fourth-order valence-electron chi connectivity index (χ4n) is 2.48. The van der Waals surface area contributed by atoms with Crippen molar-refractivity contribution >= 4 is 28.2 Å². The highest BCUT2D eigenvalue weighted by atomic mass is 32.1. The summed E-state index contributed by atoms with van der Waals surface area (Å²) in [5.41, 5.74) is 1.90. The number of carbonyl (C=O) groups is 2. The number of benzene rings is 1. The van der Waals surface area contributed by atoms with Crippen molar-refractivity contribution in [3.8, 4) is 5.75 Å². The van der Waals surface area contributed by atoms with Crippen molar-refractivity contribution in [3.05, 3.63) is 45.6 Å². The molecule has 0 radical (unpaired) electrons. The number of rotatable bonds is 7. The van der Waals surface area contributed by atoms with E-state index in [1.54, 1.807) is 13.0 Å². The van der Waals surface area contributed by atoms with E-state index >= 15 is 0 Å². The third-order valence-corrected chi connectivity index (χ3v) is 5.10. The Bertz CT molecular complexity index is 816. The number of nitrogens with one attached hydrogen (secondary N) is 1. The van der Waals surface area contributed by atoms with Crippen molar-refractivity contribution in [2.45, 2.75) is 33.6 Å². The van der Waals surface area contributed by atoms with Gasteiger partial charge < -0.3 is 14.8 Å². The quantitative estimate of drug-likeness (QED) is 0.730. The molecule has 2 aromatic rings. The summed E-state index contributed by atoms with van der Waals surface area (Å²) < 4.78 is 23.7. The van der Waals surface area contributed by atoms with Gasteiger partial charge in [0.05, 0.1) is 19.3 Å². The smallest absolute Gasteiger partial charge is 0.341 e. The van der Waals surface area contributed by atoms with Gasteiger partial charge in [0.1, 0.15) is 5.00 Å². The number of aryl methyl sites for hydroxylation is 2. The molecular weight excluding hydrogens is 357 g/mol. The SMILES string of the molecule is CCOC(=O)c1c(NC(=O)CCc2ccc(OC)c(F)c2)sc(C)c1C. The molecule has 26 heavy (non-hydrogen) atoms.